The Balaban J connectivity index is 2.60. The highest BCUT2D eigenvalue weighted by atomic mass is 35.5. The molecule has 1 aliphatic rings. The third kappa shape index (κ3) is 1.24. The molecule has 1 aromatic carbocycles. The van der Waals surface area contributed by atoms with Gasteiger partial charge in [0.2, 0.25) is 0 Å². The van der Waals surface area contributed by atoms with E-state index in [4.69, 9.17) is 11.6 Å². The lowest BCUT2D eigenvalue weighted by molar-refractivity contribution is 0.353. The van der Waals surface area contributed by atoms with Gasteiger partial charge in [0.1, 0.15) is 0 Å². The number of hydrogen-bond acceptors (Lipinski definition) is 3. The first-order valence-corrected chi connectivity index (χ1v) is 4.38. The Morgan fingerprint density at radius 3 is 2.77 bits per heavy atom. The van der Waals surface area contributed by atoms with Gasteiger partial charge in [0.15, 0.2) is 11.5 Å². The molecule has 0 radical (unpaired) electrons. The van der Waals surface area contributed by atoms with E-state index in [1.54, 1.807) is 6.07 Å². The van der Waals surface area contributed by atoms with Crippen LogP contribution in [0, 0.1) is 0 Å². The number of phenolic OH excluding ortho intramolecular Hbond substituents is 2. The van der Waals surface area contributed by atoms with Gasteiger partial charge in [-0.3, -0.25) is 4.90 Å². The summed E-state index contributed by atoms with van der Waals surface area (Å²) in [6.07, 6.45) is 0. The van der Waals surface area contributed by atoms with E-state index in [2.05, 4.69) is 4.90 Å². The van der Waals surface area contributed by atoms with Crippen molar-refractivity contribution in [2.45, 2.75) is 13.1 Å². The molecule has 2 rings (SSSR count). The fraction of sp³-hybridized carbons (Fsp3) is 0.333. The highest BCUT2D eigenvalue weighted by Crippen LogP contribution is 2.40. The molecule has 0 bridgehead atoms. The first-order valence-electron chi connectivity index (χ1n) is 4.00. The van der Waals surface area contributed by atoms with Gasteiger partial charge in [-0.25, -0.2) is 0 Å². The first kappa shape index (κ1) is 8.66. The third-order valence-corrected chi connectivity index (χ3v) is 2.69. The molecule has 0 saturated carbocycles. The average molecular weight is 200 g/mol. The predicted octanol–water partition coefficient (Wildman–Crippen LogP) is 1.70. The number of benzene rings is 1. The van der Waals surface area contributed by atoms with Gasteiger partial charge in [0, 0.05) is 13.1 Å². The summed E-state index contributed by atoms with van der Waals surface area (Å²) in [4.78, 5) is 2.06. The SMILES string of the molecule is CN1Cc2cc(O)c(O)c(Cl)c2C1. The van der Waals surface area contributed by atoms with E-state index >= 15 is 0 Å². The van der Waals surface area contributed by atoms with Gasteiger partial charge in [-0.05, 0) is 24.2 Å². The number of nitrogens with zero attached hydrogens (tertiary/aromatic N) is 1. The van der Waals surface area contributed by atoms with Gasteiger partial charge in [0.25, 0.3) is 0 Å². The molecule has 13 heavy (non-hydrogen) atoms. The van der Waals surface area contributed by atoms with E-state index in [1.807, 2.05) is 7.05 Å². The molecule has 0 amide bonds. The number of aromatic hydroxyl groups is 2. The van der Waals surface area contributed by atoms with Crippen LogP contribution in [-0.2, 0) is 13.1 Å². The van der Waals surface area contributed by atoms with Gasteiger partial charge in [-0.15, -0.1) is 0 Å². The highest BCUT2D eigenvalue weighted by Gasteiger charge is 2.22. The van der Waals surface area contributed by atoms with Crippen molar-refractivity contribution < 1.29 is 10.2 Å². The van der Waals surface area contributed by atoms with Gasteiger partial charge in [0.05, 0.1) is 5.02 Å². The molecule has 0 unspecified atom stereocenters. The third-order valence-electron chi connectivity index (χ3n) is 2.28. The van der Waals surface area contributed by atoms with Crippen molar-refractivity contribution in [3.63, 3.8) is 0 Å². The van der Waals surface area contributed by atoms with Gasteiger partial charge >= 0.3 is 0 Å². The number of fused-ring (bicyclic) bond motifs is 1. The zero-order valence-corrected chi connectivity index (χ0v) is 7.97. The molecule has 1 heterocycles. The van der Waals surface area contributed by atoms with Crippen LogP contribution < -0.4 is 0 Å². The van der Waals surface area contributed by atoms with Crippen molar-refractivity contribution >= 4 is 11.6 Å². The van der Waals surface area contributed by atoms with Crippen molar-refractivity contribution in [1.82, 2.24) is 4.90 Å². The Kier molecular flexibility index (Phi) is 1.86. The molecule has 70 valence electrons. The Morgan fingerprint density at radius 2 is 2.08 bits per heavy atom. The predicted molar refractivity (Wildman–Crippen MR) is 50.0 cm³/mol. The van der Waals surface area contributed by atoms with Crippen LogP contribution in [0.2, 0.25) is 5.02 Å². The van der Waals surface area contributed by atoms with Crippen molar-refractivity contribution in [3.8, 4) is 11.5 Å². The fourth-order valence-corrected chi connectivity index (χ4v) is 1.92. The molecule has 0 spiro atoms. The van der Waals surface area contributed by atoms with Gasteiger partial charge in [-0.1, -0.05) is 11.6 Å². The molecule has 0 atom stereocenters. The number of halogens is 1. The molecule has 2 N–H and O–H groups in total. The highest BCUT2D eigenvalue weighted by molar-refractivity contribution is 6.33. The number of phenols is 2. The minimum atomic E-state index is -0.212. The van der Waals surface area contributed by atoms with Crippen LogP contribution >= 0.6 is 11.6 Å². The maximum atomic E-state index is 9.36. The second kappa shape index (κ2) is 2.79. The topological polar surface area (TPSA) is 43.7 Å². The summed E-state index contributed by atoms with van der Waals surface area (Å²) in [5.41, 5.74) is 1.90. The summed E-state index contributed by atoms with van der Waals surface area (Å²) >= 11 is 5.87. The number of rotatable bonds is 0. The summed E-state index contributed by atoms with van der Waals surface area (Å²) in [5, 5.41) is 18.9. The van der Waals surface area contributed by atoms with E-state index in [1.165, 1.54) is 0 Å². The molecule has 4 heteroatoms. The summed E-state index contributed by atoms with van der Waals surface area (Å²) in [6, 6.07) is 1.57. The molecule has 0 aliphatic carbocycles. The molecule has 0 fully saturated rings. The molecular weight excluding hydrogens is 190 g/mol. The molecule has 1 aliphatic heterocycles. The van der Waals surface area contributed by atoms with Crippen LogP contribution in [0.5, 0.6) is 11.5 Å². The average Bonchev–Trinajstić information content (AvgIpc) is 2.42. The standard InChI is InChI=1S/C9H10ClNO2/c1-11-3-5-2-7(12)9(13)8(10)6(5)4-11/h2,12-13H,3-4H2,1H3. The summed E-state index contributed by atoms with van der Waals surface area (Å²) in [7, 11) is 1.96. The van der Waals surface area contributed by atoms with Crippen LogP contribution in [-0.4, -0.2) is 22.2 Å². The largest absolute Gasteiger partial charge is 0.504 e. The Labute approximate surface area is 81.2 Å². The normalized spacial score (nSPS) is 16.2. The second-order valence-electron chi connectivity index (χ2n) is 3.37. The van der Waals surface area contributed by atoms with E-state index in [0.29, 0.717) is 0 Å². The maximum Gasteiger partial charge on any atom is 0.176 e. The minimum absolute atomic E-state index is 0.140. The molecular formula is C9H10ClNO2. The smallest absolute Gasteiger partial charge is 0.176 e. The molecule has 1 aromatic rings. The Morgan fingerprint density at radius 1 is 1.38 bits per heavy atom. The van der Waals surface area contributed by atoms with E-state index in [9.17, 15) is 10.2 Å². The minimum Gasteiger partial charge on any atom is -0.504 e. The van der Waals surface area contributed by atoms with E-state index in [0.717, 1.165) is 24.2 Å². The van der Waals surface area contributed by atoms with Gasteiger partial charge in [-0.2, -0.15) is 0 Å². The van der Waals surface area contributed by atoms with Crippen LogP contribution in [0.25, 0.3) is 0 Å². The van der Waals surface area contributed by atoms with Crippen LogP contribution in [0.4, 0.5) is 0 Å². The first-order chi connectivity index (χ1) is 6.09. The van der Waals surface area contributed by atoms with Gasteiger partial charge < -0.3 is 10.2 Å². The zero-order valence-electron chi connectivity index (χ0n) is 7.21. The maximum absolute atomic E-state index is 9.36. The lowest BCUT2D eigenvalue weighted by Gasteiger charge is -2.05. The monoisotopic (exact) mass is 199 g/mol. The lowest BCUT2D eigenvalue weighted by atomic mass is 10.1. The fourth-order valence-electron chi connectivity index (χ4n) is 1.65. The van der Waals surface area contributed by atoms with Crippen molar-refractivity contribution in [1.29, 1.82) is 0 Å². The Bertz CT molecular complexity index is 365. The second-order valence-corrected chi connectivity index (χ2v) is 3.75. The van der Waals surface area contributed by atoms with E-state index < -0.39 is 0 Å². The zero-order chi connectivity index (χ0) is 9.59. The van der Waals surface area contributed by atoms with Crippen molar-refractivity contribution in [2.75, 3.05) is 7.05 Å². The number of hydrogen-bond donors (Lipinski definition) is 2. The molecule has 0 aromatic heterocycles. The Hall–Kier alpha value is -0.930. The van der Waals surface area contributed by atoms with Crippen LogP contribution in [0.1, 0.15) is 11.1 Å². The summed E-state index contributed by atoms with van der Waals surface area (Å²) in [5.74, 6) is -0.352. The van der Waals surface area contributed by atoms with Crippen LogP contribution in [0.3, 0.4) is 0 Å². The summed E-state index contributed by atoms with van der Waals surface area (Å²) in [6.45, 7) is 1.49. The quantitative estimate of drug-likeness (QED) is 0.625. The lowest BCUT2D eigenvalue weighted by Crippen LogP contribution is -2.07. The summed E-state index contributed by atoms with van der Waals surface area (Å²) < 4.78 is 0. The molecule has 0 saturated heterocycles. The van der Waals surface area contributed by atoms with Crippen LogP contribution in [0.15, 0.2) is 6.07 Å². The molecule has 3 nitrogen and oxygen atoms in total. The van der Waals surface area contributed by atoms with E-state index in [-0.39, 0.29) is 16.5 Å². The van der Waals surface area contributed by atoms with Crippen molar-refractivity contribution in [2.24, 2.45) is 0 Å². The van der Waals surface area contributed by atoms with Crippen molar-refractivity contribution in [3.05, 3.63) is 22.2 Å².